The Kier molecular flexibility index (Phi) is 6.68. The predicted octanol–water partition coefficient (Wildman–Crippen LogP) is 5.26. The van der Waals surface area contributed by atoms with Crippen LogP contribution in [0.3, 0.4) is 0 Å². The third-order valence-corrected chi connectivity index (χ3v) is 5.67. The fourth-order valence-electron chi connectivity index (χ4n) is 3.42. The second-order valence-corrected chi connectivity index (χ2v) is 8.41. The molecule has 1 aliphatic rings. The number of nitrogens with one attached hydrogen (secondary N) is 1. The minimum absolute atomic E-state index is 0.0398. The van der Waals surface area contributed by atoms with E-state index in [1.807, 2.05) is 54.6 Å². The van der Waals surface area contributed by atoms with Crippen molar-refractivity contribution in [1.82, 2.24) is 5.32 Å². The van der Waals surface area contributed by atoms with Crippen molar-refractivity contribution in [3.63, 3.8) is 0 Å². The highest BCUT2D eigenvalue weighted by atomic mass is 35.5. The van der Waals surface area contributed by atoms with Gasteiger partial charge in [-0.3, -0.25) is 9.59 Å². The number of benzene rings is 3. The van der Waals surface area contributed by atoms with Gasteiger partial charge in [-0.2, -0.15) is 0 Å². The maximum atomic E-state index is 13.3. The molecule has 4 nitrogen and oxygen atoms in total. The number of carbonyl (C=O) groups excluding carboxylic acids is 2. The lowest BCUT2D eigenvalue weighted by Gasteiger charge is -2.23. The average molecular weight is 433 g/mol. The summed E-state index contributed by atoms with van der Waals surface area (Å²) in [5.74, 6) is 0.602. The van der Waals surface area contributed by atoms with Crippen molar-refractivity contribution in [2.75, 3.05) is 11.4 Å². The van der Waals surface area contributed by atoms with Gasteiger partial charge in [-0.05, 0) is 66.3 Å². The molecule has 0 radical (unpaired) electrons. The van der Waals surface area contributed by atoms with Gasteiger partial charge >= 0.3 is 0 Å². The summed E-state index contributed by atoms with van der Waals surface area (Å²) in [5, 5.41) is 3.59. The Morgan fingerprint density at radius 3 is 2.19 bits per heavy atom. The zero-order chi connectivity index (χ0) is 21.6. The highest BCUT2D eigenvalue weighted by Crippen LogP contribution is 2.27. The van der Waals surface area contributed by atoms with Crippen LogP contribution in [0.4, 0.5) is 5.69 Å². The lowest BCUT2D eigenvalue weighted by molar-refractivity contribution is -0.120. The van der Waals surface area contributed by atoms with Crippen LogP contribution in [0, 0.1) is 5.92 Å². The monoisotopic (exact) mass is 432 g/mol. The van der Waals surface area contributed by atoms with Crippen LogP contribution in [-0.2, 0) is 17.8 Å². The van der Waals surface area contributed by atoms with Gasteiger partial charge in [-0.1, -0.05) is 54.1 Å². The molecule has 0 bridgehead atoms. The van der Waals surface area contributed by atoms with E-state index < -0.39 is 0 Å². The third kappa shape index (κ3) is 5.96. The lowest BCUT2D eigenvalue weighted by Crippen LogP contribution is -2.30. The largest absolute Gasteiger partial charge is 0.356 e. The molecule has 3 aromatic carbocycles. The summed E-state index contributed by atoms with van der Waals surface area (Å²) in [6.45, 7) is 1.22. The Hall–Kier alpha value is -3.11. The molecule has 5 heteroatoms. The van der Waals surface area contributed by atoms with Gasteiger partial charge in [0.1, 0.15) is 0 Å². The van der Waals surface area contributed by atoms with Gasteiger partial charge in [0.15, 0.2) is 0 Å². The maximum absolute atomic E-state index is 13.3. The highest BCUT2D eigenvalue weighted by Gasteiger charge is 2.22. The number of hydrogen-bond donors (Lipinski definition) is 1. The fourth-order valence-corrected chi connectivity index (χ4v) is 3.54. The van der Waals surface area contributed by atoms with Crippen molar-refractivity contribution in [2.45, 2.75) is 25.8 Å². The quantitative estimate of drug-likeness (QED) is 0.528. The number of rotatable bonds is 8. The molecule has 0 spiro atoms. The minimum atomic E-state index is -0.101. The summed E-state index contributed by atoms with van der Waals surface area (Å²) >= 11 is 5.99. The Bertz CT molecular complexity index is 1030. The summed E-state index contributed by atoms with van der Waals surface area (Å²) in [7, 11) is 0. The zero-order valence-corrected chi connectivity index (χ0v) is 18.0. The van der Waals surface area contributed by atoms with Crippen LogP contribution in [0.5, 0.6) is 0 Å². The molecule has 0 aliphatic heterocycles. The summed E-state index contributed by atoms with van der Waals surface area (Å²) in [4.78, 5) is 27.2. The summed E-state index contributed by atoms with van der Waals surface area (Å²) in [6, 6.07) is 24.4. The van der Waals surface area contributed by atoms with E-state index in [4.69, 9.17) is 11.6 Å². The Labute approximate surface area is 187 Å². The van der Waals surface area contributed by atoms with Gasteiger partial charge in [0.05, 0.1) is 13.0 Å². The SMILES string of the molecule is O=C(Cc1ccc(N(Cc2ccccc2)C(=O)c2ccc(Cl)cc2)cc1)NCC1CC1. The van der Waals surface area contributed by atoms with E-state index in [0.717, 1.165) is 23.4 Å². The van der Waals surface area contributed by atoms with Gasteiger partial charge in [0, 0.05) is 22.8 Å². The number of halogens is 1. The summed E-state index contributed by atoms with van der Waals surface area (Å²) < 4.78 is 0. The van der Waals surface area contributed by atoms with Crippen molar-refractivity contribution in [3.8, 4) is 0 Å². The molecule has 1 saturated carbocycles. The van der Waals surface area contributed by atoms with E-state index in [1.54, 1.807) is 29.2 Å². The summed E-state index contributed by atoms with van der Waals surface area (Å²) in [5.41, 5.74) is 3.32. The molecule has 3 aromatic rings. The Balaban J connectivity index is 1.51. The van der Waals surface area contributed by atoms with Gasteiger partial charge in [0.25, 0.3) is 5.91 Å². The van der Waals surface area contributed by atoms with Crippen LogP contribution in [0.25, 0.3) is 0 Å². The predicted molar refractivity (Wildman–Crippen MR) is 124 cm³/mol. The first-order valence-electron chi connectivity index (χ1n) is 10.6. The van der Waals surface area contributed by atoms with Crippen LogP contribution in [-0.4, -0.2) is 18.4 Å². The number of hydrogen-bond acceptors (Lipinski definition) is 2. The second kappa shape index (κ2) is 9.80. The van der Waals surface area contributed by atoms with Crippen molar-refractivity contribution >= 4 is 29.1 Å². The van der Waals surface area contributed by atoms with Crippen LogP contribution >= 0.6 is 11.6 Å². The Morgan fingerprint density at radius 1 is 0.871 bits per heavy atom. The molecule has 0 aromatic heterocycles. The normalized spacial score (nSPS) is 12.9. The fraction of sp³-hybridized carbons (Fsp3) is 0.231. The first kappa shape index (κ1) is 21.1. The van der Waals surface area contributed by atoms with Gasteiger partial charge < -0.3 is 10.2 Å². The molecule has 0 atom stereocenters. The number of carbonyl (C=O) groups is 2. The molecule has 158 valence electrons. The van der Waals surface area contributed by atoms with E-state index >= 15 is 0 Å². The zero-order valence-electron chi connectivity index (χ0n) is 17.3. The molecule has 0 unspecified atom stereocenters. The average Bonchev–Trinajstić information content (AvgIpc) is 3.62. The molecule has 1 aliphatic carbocycles. The number of anilines is 1. The number of nitrogens with zero attached hydrogens (tertiary/aromatic N) is 1. The van der Waals surface area contributed by atoms with Gasteiger partial charge in [-0.15, -0.1) is 0 Å². The molecule has 4 rings (SSSR count). The standard InChI is InChI=1S/C26H25ClN2O2/c27-23-12-10-22(11-13-23)26(31)29(18-21-4-2-1-3-5-21)24-14-8-19(9-15-24)16-25(30)28-17-20-6-7-20/h1-5,8-15,20H,6-7,16-18H2,(H,28,30). The molecule has 0 saturated heterocycles. The second-order valence-electron chi connectivity index (χ2n) is 7.97. The van der Waals surface area contributed by atoms with Crippen molar-refractivity contribution in [2.24, 2.45) is 5.92 Å². The third-order valence-electron chi connectivity index (χ3n) is 5.42. The van der Waals surface area contributed by atoms with Crippen molar-refractivity contribution in [3.05, 3.63) is 101 Å². The van der Waals surface area contributed by atoms with E-state index in [0.29, 0.717) is 29.5 Å². The van der Waals surface area contributed by atoms with Crippen LogP contribution in [0.2, 0.25) is 5.02 Å². The molecular weight excluding hydrogens is 408 g/mol. The molecule has 31 heavy (non-hydrogen) atoms. The van der Waals surface area contributed by atoms with Crippen molar-refractivity contribution < 1.29 is 9.59 Å². The maximum Gasteiger partial charge on any atom is 0.258 e. The molecule has 0 heterocycles. The van der Waals surface area contributed by atoms with Gasteiger partial charge in [-0.25, -0.2) is 0 Å². The highest BCUT2D eigenvalue weighted by molar-refractivity contribution is 6.30. The van der Waals surface area contributed by atoms with E-state index in [1.165, 1.54) is 12.8 Å². The van der Waals surface area contributed by atoms with E-state index in [-0.39, 0.29) is 11.8 Å². The van der Waals surface area contributed by atoms with E-state index in [2.05, 4.69) is 5.32 Å². The molecule has 1 fully saturated rings. The lowest BCUT2D eigenvalue weighted by atomic mass is 10.1. The smallest absolute Gasteiger partial charge is 0.258 e. The molecular formula is C26H25ClN2O2. The van der Waals surface area contributed by atoms with Gasteiger partial charge in [0.2, 0.25) is 5.91 Å². The minimum Gasteiger partial charge on any atom is -0.356 e. The number of amides is 2. The van der Waals surface area contributed by atoms with Crippen LogP contribution < -0.4 is 10.2 Å². The van der Waals surface area contributed by atoms with Crippen LogP contribution in [0.1, 0.15) is 34.3 Å². The van der Waals surface area contributed by atoms with E-state index in [9.17, 15) is 9.59 Å². The first-order chi connectivity index (χ1) is 15.1. The molecule has 2 amide bonds. The first-order valence-corrected chi connectivity index (χ1v) is 10.9. The Morgan fingerprint density at radius 2 is 1.55 bits per heavy atom. The molecule has 1 N–H and O–H groups in total. The summed E-state index contributed by atoms with van der Waals surface area (Å²) in [6.07, 6.45) is 2.78. The van der Waals surface area contributed by atoms with Crippen LogP contribution in [0.15, 0.2) is 78.9 Å². The van der Waals surface area contributed by atoms with Crippen molar-refractivity contribution in [1.29, 1.82) is 0 Å². The topological polar surface area (TPSA) is 49.4 Å².